The molecule has 1 aromatic carbocycles. The lowest BCUT2D eigenvalue weighted by Gasteiger charge is -2.08. The van der Waals surface area contributed by atoms with Gasteiger partial charge < -0.3 is 5.32 Å². The molecule has 2 heterocycles. The standard InChI is InChI=1S/C18H16ClF2N5O/c1-10(11-8-22-26(9-11)13-4-2-3-12(19)5-13)17(27)23-16-6-15(24-25-16)14-7-18(14,20)21/h2-6,8-10,14H,7H2,1H3,(H2,23,24,25,27)/t10-,14+/m1/s1. The number of anilines is 1. The van der Waals surface area contributed by atoms with Crippen molar-refractivity contribution in [1.82, 2.24) is 20.0 Å². The van der Waals surface area contributed by atoms with E-state index < -0.39 is 17.8 Å². The molecule has 1 fully saturated rings. The van der Waals surface area contributed by atoms with Gasteiger partial charge in [-0.3, -0.25) is 9.89 Å². The van der Waals surface area contributed by atoms with Gasteiger partial charge >= 0.3 is 0 Å². The Kier molecular flexibility index (Phi) is 4.22. The number of halogens is 3. The minimum Gasteiger partial charge on any atom is -0.311 e. The second-order valence-electron chi connectivity index (χ2n) is 6.63. The zero-order valence-electron chi connectivity index (χ0n) is 14.3. The summed E-state index contributed by atoms with van der Waals surface area (Å²) >= 11 is 5.99. The Bertz CT molecular complexity index is 999. The molecule has 2 aromatic heterocycles. The summed E-state index contributed by atoms with van der Waals surface area (Å²) in [5.74, 6) is -4.05. The normalized spacial score (nSPS) is 18.9. The number of aromatic amines is 1. The largest absolute Gasteiger partial charge is 0.311 e. The van der Waals surface area contributed by atoms with Crippen molar-refractivity contribution in [3.63, 3.8) is 0 Å². The average molecular weight is 392 g/mol. The SMILES string of the molecule is C[C@@H](C(=O)Nc1cc([C@@H]2CC2(F)F)n[nH]1)c1cnn(-c2cccc(Cl)c2)c1. The van der Waals surface area contributed by atoms with Crippen LogP contribution in [0.5, 0.6) is 0 Å². The van der Waals surface area contributed by atoms with Crippen LogP contribution in [0.4, 0.5) is 14.6 Å². The van der Waals surface area contributed by atoms with Crippen molar-refractivity contribution in [2.24, 2.45) is 0 Å². The molecule has 2 N–H and O–H groups in total. The smallest absolute Gasteiger partial charge is 0.257 e. The number of hydrogen-bond acceptors (Lipinski definition) is 3. The number of aromatic nitrogens is 4. The molecule has 0 spiro atoms. The van der Waals surface area contributed by atoms with Crippen molar-refractivity contribution in [2.45, 2.75) is 31.1 Å². The van der Waals surface area contributed by atoms with Gasteiger partial charge in [0.05, 0.1) is 29.4 Å². The van der Waals surface area contributed by atoms with Crippen LogP contribution in [0.3, 0.4) is 0 Å². The lowest BCUT2D eigenvalue weighted by atomic mass is 10.0. The summed E-state index contributed by atoms with van der Waals surface area (Å²) in [5.41, 5.74) is 1.75. The van der Waals surface area contributed by atoms with Crippen molar-refractivity contribution in [2.75, 3.05) is 5.32 Å². The van der Waals surface area contributed by atoms with Crippen LogP contribution in [-0.4, -0.2) is 31.8 Å². The van der Waals surface area contributed by atoms with Gasteiger partial charge in [0.15, 0.2) is 0 Å². The predicted molar refractivity (Wildman–Crippen MR) is 96.5 cm³/mol. The quantitative estimate of drug-likeness (QED) is 0.687. The number of nitrogens with zero attached hydrogens (tertiary/aromatic N) is 3. The third kappa shape index (κ3) is 3.57. The highest BCUT2D eigenvalue weighted by atomic mass is 35.5. The molecule has 3 aromatic rings. The van der Waals surface area contributed by atoms with Crippen LogP contribution in [0.15, 0.2) is 42.7 Å². The van der Waals surface area contributed by atoms with Crippen LogP contribution < -0.4 is 5.32 Å². The molecular formula is C18H16ClF2N5O. The Morgan fingerprint density at radius 1 is 1.44 bits per heavy atom. The molecule has 2 atom stereocenters. The molecule has 1 aliphatic rings. The Morgan fingerprint density at radius 3 is 2.93 bits per heavy atom. The summed E-state index contributed by atoms with van der Waals surface area (Å²) in [6.45, 7) is 1.74. The van der Waals surface area contributed by atoms with Gasteiger partial charge in [-0.2, -0.15) is 10.2 Å². The maximum Gasteiger partial charge on any atom is 0.257 e. The fraction of sp³-hybridized carbons (Fsp3) is 0.278. The van der Waals surface area contributed by atoms with Crippen LogP contribution >= 0.6 is 11.6 Å². The number of alkyl halides is 2. The molecule has 6 nitrogen and oxygen atoms in total. The van der Waals surface area contributed by atoms with Crippen molar-refractivity contribution >= 4 is 23.3 Å². The number of rotatable bonds is 5. The predicted octanol–water partition coefficient (Wildman–Crippen LogP) is 4.11. The van der Waals surface area contributed by atoms with Crippen LogP contribution in [-0.2, 0) is 4.79 Å². The molecule has 1 saturated carbocycles. The number of hydrogen-bond donors (Lipinski definition) is 2. The summed E-state index contributed by atoms with van der Waals surface area (Å²) in [7, 11) is 0. The minimum absolute atomic E-state index is 0.204. The van der Waals surface area contributed by atoms with E-state index in [1.807, 2.05) is 12.1 Å². The molecule has 4 rings (SSSR count). The maximum absolute atomic E-state index is 13.1. The molecule has 0 radical (unpaired) electrons. The Hall–Kier alpha value is -2.74. The lowest BCUT2D eigenvalue weighted by molar-refractivity contribution is -0.117. The second-order valence-corrected chi connectivity index (χ2v) is 7.07. The van der Waals surface area contributed by atoms with E-state index in [0.29, 0.717) is 16.4 Å². The van der Waals surface area contributed by atoms with Gasteiger partial charge in [-0.05, 0) is 25.1 Å². The summed E-state index contributed by atoms with van der Waals surface area (Å²) in [6.07, 6.45) is 3.15. The van der Waals surface area contributed by atoms with Gasteiger partial charge in [-0.1, -0.05) is 17.7 Å². The third-order valence-electron chi connectivity index (χ3n) is 4.61. The van der Waals surface area contributed by atoms with Gasteiger partial charge in [0.2, 0.25) is 5.91 Å². The first-order valence-corrected chi connectivity index (χ1v) is 8.76. The molecular weight excluding hydrogens is 376 g/mol. The van der Waals surface area contributed by atoms with E-state index in [4.69, 9.17) is 11.6 Å². The van der Waals surface area contributed by atoms with E-state index >= 15 is 0 Å². The number of nitrogens with one attached hydrogen (secondary N) is 2. The minimum atomic E-state index is -2.70. The van der Waals surface area contributed by atoms with Gasteiger partial charge in [0.1, 0.15) is 5.82 Å². The van der Waals surface area contributed by atoms with Gasteiger partial charge in [-0.25, -0.2) is 13.5 Å². The number of carbonyl (C=O) groups is 1. The highest BCUT2D eigenvalue weighted by Crippen LogP contribution is 2.55. The summed E-state index contributed by atoms with van der Waals surface area (Å²) < 4.78 is 27.9. The highest BCUT2D eigenvalue weighted by Gasteiger charge is 2.58. The van der Waals surface area contributed by atoms with Crippen LogP contribution in [0.25, 0.3) is 5.69 Å². The fourth-order valence-corrected chi connectivity index (χ4v) is 3.01. The van der Waals surface area contributed by atoms with E-state index in [2.05, 4.69) is 20.6 Å². The molecule has 0 saturated heterocycles. The van der Waals surface area contributed by atoms with E-state index in [0.717, 1.165) is 5.69 Å². The van der Waals surface area contributed by atoms with Crippen LogP contribution in [0.2, 0.25) is 5.02 Å². The zero-order chi connectivity index (χ0) is 19.2. The zero-order valence-corrected chi connectivity index (χ0v) is 15.0. The monoisotopic (exact) mass is 391 g/mol. The maximum atomic E-state index is 13.1. The Labute approximate surface area is 158 Å². The fourth-order valence-electron chi connectivity index (χ4n) is 2.83. The molecule has 9 heteroatoms. The Balaban J connectivity index is 1.44. The molecule has 27 heavy (non-hydrogen) atoms. The summed E-state index contributed by atoms with van der Waals surface area (Å²) in [6, 6.07) is 8.65. The van der Waals surface area contributed by atoms with Gasteiger partial charge in [0, 0.05) is 29.3 Å². The second kappa shape index (κ2) is 6.45. The molecule has 0 unspecified atom stereocenters. The van der Waals surface area contributed by atoms with E-state index in [1.165, 1.54) is 6.07 Å². The van der Waals surface area contributed by atoms with Crippen molar-refractivity contribution < 1.29 is 13.6 Å². The average Bonchev–Trinajstić information content (AvgIpc) is 3.03. The molecule has 1 aliphatic carbocycles. The first-order chi connectivity index (χ1) is 12.8. The molecule has 140 valence electrons. The number of amides is 1. The van der Waals surface area contributed by atoms with Gasteiger partial charge in [0.25, 0.3) is 5.92 Å². The molecule has 0 aliphatic heterocycles. The third-order valence-corrected chi connectivity index (χ3v) is 4.84. The highest BCUT2D eigenvalue weighted by molar-refractivity contribution is 6.30. The van der Waals surface area contributed by atoms with E-state index in [-0.39, 0.29) is 18.0 Å². The lowest BCUT2D eigenvalue weighted by Crippen LogP contribution is -2.18. The van der Waals surface area contributed by atoms with Crippen molar-refractivity contribution in [3.8, 4) is 5.69 Å². The van der Waals surface area contributed by atoms with Gasteiger partial charge in [-0.15, -0.1) is 0 Å². The van der Waals surface area contributed by atoms with E-state index in [9.17, 15) is 13.6 Å². The van der Waals surface area contributed by atoms with Crippen LogP contribution in [0, 0.1) is 0 Å². The summed E-state index contributed by atoms with van der Waals surface area (Å²) in [4.78, 5) is 12.5. The Morgan fingerprint density at radius 2 is 2.22 bits per heavy atom. The first kappa shape index (κ1) is 17.7. The van der Waals surface area contributed by atoms with Crippen molar-refractivity contribution in [1.29, 1.82) is 0 Å². The number of benzene rings is 1. The molecule has 0 bridgehead atoms. The van der Waals surface area contributed by atoms with Crippen LogP contribution in [0.1, 0.15) is 36.4 Å². The summed E-state index contributed by atoms with van der Waals surface area (Å²) in [5, 5.41) is 14.0. The number of H-pyrrole nitrogens is 1. The van der Waals surface area contributed by atoms with Crippen molar-refractivity contribution in [3.05, 3.63) is 59.0 Å². The molecule has 1 amide bonds. The topological polar surface area (TPSA) is 75.6 Å². The number of carbonyl (C=O) groups excluding carboxylic acids is 1. The van der Waals surface area contributed by atoms with E-state index in [1.54, 1.807) is 36.1 Å². The first-order valence-electron chi connectivity index (χ1n) is 8.38.